The monoisotopic (exact) mass is 400 g/mol. The molecule has 3 N–H and O–H groups in total. The largest absolute Gasteiger partial charge is 0.370 e. The van der Waals surface area contributed by atoms with Gasteiger partial charge in [0.1, 0.15) is 5.82 Å². The molecule has 1 aliphatic rings. The van der Waals surface area contributed by atoms with Crippen molar-refractivity contribution in [1.29, 1.82) is 0 Å². The molecule has 1 aliphatic carbocycles. The van der Waals surface area contributed by atoms with Crippen molar-refractivity contribution in [3.63, 3.8) is 0 Å². The Hall–Kier alpha value is -1.11. The van der Waals surface area contributed by atoms with Gasteiger partial charge in [0.15, 0.2) is 5.96 Å². The van der Waals surface area contributed by atoms with E-state index in [1.54, 1.807) is 6.20 Å². The van der Waals surface area contributed by atoms with Crippen LogP contribution in [0.4, 0.5) is 5.82 Å². The molecule has 0 spiro atoms. The van der Waals surface area contributed by atoms with Gasteiger partial charge in [-0.2, -0.15) is 0 Å². The highest BCUT2D eigenvalue weighted by molar-refractivity contribution is 14.0. The predicted octanol–water partition coefficient (Wildman–Crippen LogP) is 3.95. The lowest BCUT2D eigenvalue weighted by Crippen LogP contribution is -2.27. The Bertz CT molecular complexity index is 494. The highest BCUT2D eigenvalue weighted by Crippen LogP contribution is 2.33. The molecule has 2 rings (SSSR count). The molecule has 0 saturated carbocycles. The van der Waals surface area contributed by atoms with Crippen LogP contribution in [0.1, 0.15) is 39.5 Å². The van der Waals surface area contributed by atoms with E-state index in [9.17, 15) is 0 Å². The molecular formula is C16H25IN4. The molecule has 4 nitrogen and oxygen atoms in total. The number of rotatable bonds is 4. The molecule has 1 aromatic rings. The van der Waals surface area contributed by atoms with Crippen molar-refractivity contribution in [1.82, 2.24) is 4.98 Å². The molecule has 0 atom stereocenters. The van der Waals surface area contributed by atoms with Crippen molar-refractivity contribution in [2.75, 3.05) is 11.9 Å². The Morgan fingerprint density at radius 3 is 2.81 bits per heavy atom. The van der Waals surface area contributed by atoms with Crippen LogP contribution in [0.15, 0.2) is 41.0 Å². The zero-order chi connectivity index (χ0) is 14.4. The van der Waals surface area contributed by atoms with Crippen molar-refractivity contribution in [2.24, 2.45) is 16.1 Å². The van der Waals surface area contributed by atoms with Crippen molar-refractivity contribution in [3.05, 3.63) is 36.0 Å². The van der Waals surface area contributed by atoms with Gasteiger partial charge in [0.2, 0.25) is 0 Å². The number of guanidine groups is 1. The highest BCUT2D eigenvalue weighted by atomic mass is 127. The normalized spacial score (nSPS) is 15.9. The molecule has 0 bridgehead atoms. The first-order chi connectivity index (χ1) is 9.58. The van der Waals surface area contributed by atoms with Crippen LogP contribution in [-0.4, -0.2) is 17.5 Å². The molecule has 1 aromatic heterocycles. The van der Waals surface area contributed by atoms with Gasteiger partial charge in [-0.1, -0.05) is 31.6 Å². The first kappa shape index (κ1) is 17.9. The zero-order valence-corrected chi connectivity index (χ0v) is 15.1. The Balaban J connectivity index is 0.00000220. The first-order valence-corrected chi connectivity index (χ1v) is 7.25. The van der Waals surface area contributed by atoms with Crippen LogP contribution in [0.2, 0.25) is 0 Å². The van der Waals surface area contributed by atoms with Crippen LogP contribution in [0, 0.1) is 5.41 Å². The Morgan fingerprint density at radius 2 is 2.19 bits per heavy atom. The van der Waals surface area contributed by atoms with Crippen molar-refractivity contribution >= 4 is 35.8 Å². The number of hydrogen-bond donors (Lipinski definition) is 2. The molecule has 0 fully saturated rings. The molecule has 1 heterocycles. The highest BCUT2D eigenvalue weighted by Gasteiger charge is 2.23. The zero-order valence-electron chi connectivity index (χ0n) is 12.8. The van der Waals surface area contributed by atoms with Gasteiger partial charge in [-0.3, -0.25) is 4.99 Å². The molecule has 0 unspecified atom stereocenters. The van der Waals surface area contributed by atoms with E-state index in [0.717, 1.165) is 5.82 Å². The maximum atomic E-state index is 5.92. The first-order valence-electron chi connectivity index (χ1n) is 7.25. The summed E-state index contributed by atoms with van der Waals surface area (Å²) in [6.07, 6.45) is 9.10. The lowest BCUT2D eigenvalue weighted by atomic mass is 9.79. The molecule has 5 heteroatoms. The minimum absolute atomic E-state index is 0. The second kappa shape index (κ2) is 8.36. The van der Waals surface area contributed by atoms with E-state index >= 15 is 0 Å². The Kier molecular flexibility index (Phi) is 7.14. The summed E-state index contributed by atoms with van der Waals surface area (Å²) >= 11 is 0. The van der Waals surface area contributed by atoms with Crippen LogP contribution in [0.5, 0.6) is 0 Å². The molecule has 0 radical (unpaired) electrons. The van der Waals surface area contributed by atoms with E-state index in [0.29, 0.717) is 12.5 Å². The SMILES string of the molecule is CC(C)(CN=C(N)Nc1ccccn1)C1=CCCCC1.I. The standard InChI is InChI=1S/C16H24N4.HI/c1-16(2,13-8-4-3-5-9-13)12-19-15(17)20-14-10-6-7-11-18-14;/h6-8,10-11H,3-5,9,12H2,1-2H3,(H3,17,18,19,20);1H. The summed E-state index contributed by atoms with van der Waals surface area (Å²) in [6, 6.07) is 5.66. The van der Waals surface area contributed by atoms with Gasteiger partial charge in [0.25, 0.3) is 0 Å². The van der Waals surface area contributed by atoms with E-state index in [-0.39, 0.29) is 29.4 Å². The van der Waals surface area contributed by atoms with Gasteiger partial charge in [-0.15, -0.1) is 24.0 Å². The van der Waals surface area contributed by atoms with Crippen molar-refractivity contribution in [3.8, 4) is 0 Å². The molecule has 0 aliphatic heterocycles. The second-order valence-corrected chi connectivity index (χ2v) is 5.90. The maximum absolute atomic E-state index is 5.92. The molecule has 0 amide bonds. The summed E-state index contributed by atoms with van der Waals surface area (Å²) in [5.74, 6) is 1.15. The second-order valence-electron chi connectivity index (χ2n) is 5.90. The van der Waals surface area contributed by atoms with E-state index in [1.807, 2.05) is 18.2 Å². The number of aromatic nitrogens is 1. The number of pyridine rings is 1. The van der Waals surface area contributed by atoms with Gasteiger partial charge in [-0.05, 0) is 37.8 Å². The summed E-state index contributed by atoms with van der Waals surface area (Å²) in [7, 11) is 0. The van der Waals surface area contributed by atoms with Crippen LogP contribution < -0.4 is 11.1 Å². The van der Waals surface area contributed by atoms with Gasteiger partial charge >= 0.3 is 0 Å². The fraction of sp³-hybridized carbons (Fsp3) is 0.500. The van der Waals surface area contributed by atoms with Gasteiger partial charge in [-0.25, -0.2) is 4.98 Å². The number of nitrogens with zero attached hydrogens (tertiary/aromatic N) is 2. The molecular weight excluding hydrogens is 375 g/mol. The summed E-state index contributed by atoms with van der Waals surface area (Å²) in [4.78, 5) is 8.64. The number of allylic oxidation sites excluding steroid dienone is 1. The Morgan fingerprint density at radius 1 is 1.38 bits per heavy atom. The fourth-order valence-electron chi connectivity index (χ4n) is 2.44. The number of halogens is 1. The van der Waals surface area contributed by atoms with Gasteiger partial charge in [0.05, 0.1) is 6.54 Å². The number of nitrogens with one attached hydrogen (secondary N) is 1. The number of hydrogen-bond acceptors (Lipinski definition) is 2. The smallest absolute Gasteiger partial charge is 0.194 e. The summed E-state index contributed by atoms with van der Waals surface area (Å²) in [6.45, 7) is 5.17. The number of nitrogens with two attached hydrogens (primary N) is 1. The summed E-state index contributed by atoms with van der Waals surface area (Å²) in [5, 5.41) is 3.01. The summed E-state index contributed by atoms with van der Waals surface area (Å²) in [5.41, 5.74) is 7.51. The van der Waals surface area contributed by atoms with Crippen LogP contribution >= 0.6 is 24.0 Å². The Labute approximate surface area is 144 Å². The third-order valence-corrected chi connectivity index (χ3v) is 3.73. The van der Waals surface area contributed by atoms with Gasteiger partial charge < -0.3 is 11.1 Å². The lowest BCUT2D eigenvalue weighted by Gasteiger charge is -2.29. The molecule has 21 heavy (non-hydrogen) atoms. The molecule has 116 valence electrons. The third-order valence-electron chi connectivity index (χ3n) is 3.73. The topological polar surface area (TPSA) is 63.3 Å². The molecule has 0 aromatic carbocycles. The average Bonchev–Trinajstić information content (AvgIpc) is 2.47. The van der Waals surface area contributed by atoms with E-state index < -0.39 is 0 Å². The van der Waals surface area contributed by atoms with E-state index in [4.69, 9.17) is 5.73 Å². The van der Waals surface area contributed by atoms with Crippen molar-refractivity contribution in [2.45, 2.75) is 39.5 Å². The van der Waals surface area contributed by atoms with Gasteiger partial charge in [0, 0.05) is 11.6 Å². The van der Waals surface area contributed by atoms with Crippen LogP contribution in [0.25, 0.3) is 0 Å². The third kappa shape index (κ3) is 5.65. The van der Waals surface area contributed by atoms with E-state index in [2.05, 4.69) is 35.2 Å². The quantitative estimate of drug-likeness (QED) is 0.348. The predicted molar refractivity (Wildman–Crippen MR) is 100 cm³/mol. The minimum atomic E-state index is 0. The van der Waals surface area contributed by atoms with Crippen LogP contribution in [0.3, 0.4) is 0 Å². The molecule has 0 saturated heterocycles. The lowest BCUT2D eigenvalue weighted by molar-refractivity contribution is 0.427. The van der Waals surface area contributed by atoms with E-state index in [1.165, 1.54) is 31.3 Å². The minimum Gasteiger partial charge on any atom is -0.370 e. The maximum Gasteiger partial charge on any atom is 0.194 e. The average molecular weight is 400 g/mol. The fourth-order valence-corrected chi connectivity index (χ4v) is 2.44. The summed E-state index contributed by atoms with van der Waals surface area (Å²) < 4.78 is 0. The number of anilines is 1. The van der Waals surface area contributed by atoms with Crippen LogP contribution in [-0.2, 0) is 0 Å². The number of aliphatic imine (C=N–C) groups is 1. The van der Waals surface area contributed by atoms with Crippen molar-refractivity contribution < 1.29 is 0 Å².